The first-order chi connectivity index (χ1) is 12.7. The SMILES string of the molecule is COc1ccc2c(c1)oc1c(-c3ccc(Cl)cc3)cc3ccccc3c12. The average Bonchev–Trinajstić information content (AvgIpc) is 3.07. The number of halogens is 1. The van der Waals surface area contributed by atoms with Crippen molar-refractivity contribution in [2.24, 2.45) is 0 Å². The molecular formula is C23H15ClO2. The van der Waals surface area contributed by atoms with Crippen LogP contribution in [0.15, 0.2) is 77.2 Å². The topological polar surface area (TPSA) is 22.4 Å². The summed E-state index contributed by atoms with van der Waals surface area (Å²) in [5.74, 6) is 0.786. The van der Waals surface area contributed by atoms with Gasteiger partial charge in [0.05, 0.1) is 7.11 Å². The second kappa shape index (κ2) is 5.79. The Morgan fingerprint density at radius 3 is 2.46 bits per heavy atom. The Hall–Kier alpha value is -2.97. The Balaban J connectivity index is 1.96. The van der Waals surface area contributed by atoms with Crippen LogP contribution >= 0.6 is 11.6 Å². The smallest absolute Gasteiger partial charge is 0.143 e. The number of methoxy groups -OCH3 is 1. The molecule has 0 bridgehead atoms. The second-order valence-electron chi connectivity index (χ2n) is 6.32. The van der Waals surface area contributed by atoms with Crippen LogP contribution in [0.5, 0.6) is 5.75 Å². The van der Waals surface area contributed by atoms with Gasteiger partial charge in [-0.25, -0.2) is 0 Å². The van der Waals surface area contributed by atoms with Crippen LogP contribution in [0.4, 0.5) is 0 Å². The molecular weight excluding hydrogens is 344 g/mol. The highest BCUT2D eigenvalue weighted by Crippen LogP contribution is 2.41. The van der Waals surface area contributed by atoms with Gasteiger partial charge in [-0.05, 0) is 46.7 Å². The molecule has 0 fully saturated rings. The van der Waals surface area contributed by atoms with Crippen molar-refractivity contribution in [1.82, 2.24) is 0 Å². The van der Waals surface area contributed by atoms with Crippen molar-refractivity contribution < 1.29 is 9.15 Å². The fourth-order valence-corrected chi connectivity index (χ4v) is 3.70. The number of hydrogen-bond acceptors (Lipinski definition) is 2. The Bertz CT molecular complexity index is 1270. The van der Waals surface area contributed by atoms with Crippen LogP contribution < -0.4 is 4.74 Å². The van der Waals surface area contributed by atoms with E-state index < -0.39 is 0 Å². The van der Waals surface area contributed by atoms with E-state index in [2.05, 4.69) is 36.4 Å². The van der Waals surface area contributed by atoms with Crippen molar-refractivity contribution in [3.05, 3.63) is 77.8 Å². The number of furan rings is 1. The van der Waals surface area contributed by atoms with Crippen molar-refractivity contribution in [2.75, 3.05) is 7.11 Å². The fraction of sp³-hybridized carbons (Fsp3) is 0.0435. The summed E-state index contributed by atoms with van der Waals surface area (Å²) >= 11 is 6.07. The second-order valence-corrected chi connectivity index (χ2v) is 6.76. The standard InChI is InChI=1S/C23H15ClO2/c1-25-17-10-11-19-21(13-17)26-23-20(14-6-8-16(24)9-7-14)12-15-4-2-3-5-18(15)22(19)23/h2-13H,1H3. The molecule has 0 saturated heterocycles. The molecule has 0 aliphatic carbocycles. The van der Waals surface area contributed by atoms with Crippen molar-refractivity contribution in [3.63, 3.8) is 0 Å². The van der Waals surface area contributed by atoms with Crippen LogP contribution in [-0.2, 0) is 0 Å². The lowest BCUT2D eigenvalue weighted by atomic mass is 9.96. The van der Waals surface area contributed by atoms with Gasteiger partial charge in [-0.2, -0.15) is 0 Å². The van der Waals surface area contributed by atoms with E-state index in [1.165, 1.54) is 10.8 Å². The zero-order valence-corrected chi connectivity index (χ0v) is 14.9. The monoisotopic (exact) mass is 358 g/mol. The van der Waals surface area contributed by atoms with Gasteiger partial charge in [0, 0.05) is 27.4 Å². The average molecular weight is 359 g/mol. The van der Waals surface area contributed by atoms with Gasteiger partial charge < -0.3 is 9.15 Å². The predicted octanol–water partition coefficient (Wildman–Crippen LogP) is 7.07. The third-order valence-corrected chi connectivity index (χ3v) is 5.08. The summed E-state index contributed by atoms with van der Waals surface area (Å²) < 4.78 is 11.7. The van der Waals surface area contributed by atoms with E-state index in [0.29, 0.717) is 0 Å². The molecule has 1 heterocycles. The molecule has 5 rings (SSSR count). The summed E-state index contributed by atoms with van der Waals surface area (Å²) in [4.78, 5) is 0. The Morgan fingerprint density at radius 2 is 1.65 bits per heavy atom. The first-order valence-corrected chi connectivity index (χ1v) is 8.80. The number of benzene rings is 4. The van der Waals surface area contributed by atoms with Crippen LogP contribution in [0.1, 0.15) is 0 Å². The lowest BCUT2D eigenvalue weighted by molar-refractivity contribution is 0.414. The molecule has 0 atom stereocenters. The molecule has 1 aromatic heterocycles. The van der Waals surface area contributed by atoms with Crippen LogP contribution in [-0.4, -0.2) is 7.11 Å². The fourth-order valence-electron chi connectivity index (χ4n) is 3.58. The number of hydrogen-bond donors (Lipinski definition) is 0. The first kappa shape index (κ1) is 15.3. The molecule has 26 heavy (non-hydrogen) atoms. The molecule has 5 aromatic rings. The Kier molecular flexibility index (Phi) is 3.41. The first-order valence-electron chi connectivity index (χ1n) is 8.42. The number of ether oxygens (including phenoxy) is 1. The molecule has 0 saturated carbocycles. The minimum Gasteiger partial charge on any atom is -0.497 e. The summed E-state index contributed by atoms with van der Waals surface area (Å²) in [5, 5.41) is 5.31. The number of rotatable bonds is 2. The summed E-state index contributed by atoms with van der Waals surface area (Å²) in [7, 11) is 1.67. The molecule has 0 radical (unpaired) electrons. The van der Waals surface area contributed by atoms with E-state index in [9.17, 15) is 0 Å². The van der Waals surface area contributed by atoms with E-state index in [1.807, 2.05) is 36.4 Å². The lowest BCUT2D eigenvalue weighted by Gasteiger charge is -2.07. The molecule has 3 heteroatoms. The Morgan fingerprint density at radius 1 is 0.846 bits per heavy atom. The van der Waals surface area contributed by atoms with Crippen molar-refractivity contribution >= 4 is 44.3 Å². The van der Waals surface area contributed by atoms with E-state index >= 15 is 0 Å². The zero-order chi connectivity index (χ0) is 17.7. The molecule has 0 unspecified atom stereocenters. The van der Waals surface area contributed by atoms with Gasteiger partial charge in [-0.1, -0.05) is 48.0 Å². The normalized spacial score (nSPS) is 11.5. The summed E-state index contributed by atoms with van der Waals surface area (Å²) in [6.07, 6.45) is 0. The highest BCUT2D eigenvalue weighted by atomic mass is 35.5. The minimum atomic E-state index is 0.722. The molecule has 0 aliphatic heterocycles. The largest absolute Gasteiger partial charge is 0.497 e. The highest BCUT2D eigenvalue weighted by molar-refractivity contribution is 6.30. The van der Waals surface area contributed by atoms with E-state index in [4.69, 9.17) is 20.8 Å². The van der Waals surface area contributed by atoms with E-state index in [0.717, 1.165) is 43.8 Å². The summed E-state index contributed by atoms with van der Waals surface area (Å²) in [5.41, 5.74) is 3.85. The molecule has 0 spiro atoms. The predicted molar refractivity (Wildman–Crippen MR) is 108 cm³/mol. The summed E-state index contributed by atoms with van der Waals surface area (Å²) in [6.45, 7) is 0. The van der Waals surface area contributed by atoms with Gasteiger partial charge in [-0.15, -0.1) is 0 Å². The maximum absolute atomic E-state index is 6.31. The van der Waals surface area contributed by atoms with Gasteiger partial charge in [0.25, 0.3) is 0 Å². The van der Waals surface area contributed by atoms with Crippen LogP contribution in [0.25, 0.3) is 43.8 Å². The molecule has 0 amide bonds. The van der Waals surface area contributed by atoms with Gasteiger partial charge in [-0.3, -0.25) is 0 Å². The third-order valence-electron chi connectivity index (χ3n) is 4.83. The van der Waals surface area contributed by atoms with Crippen LogP contribution in [0.2, 0.25) is 5.02 Å². The van der Waals surface area contributed by atoms with Gasteiger partial charge in [0.1, 0.15) is 16.9 Å². The van der Waals surface area contributed by atoms with Crippen molar-refractivity contribution in [2.45, 2.75) is 0 Å². The number of fused-ring (bicyclic) bond motifs is 5. The molecule has 4 aromatic carbocycles. The van der Waals surface area contributed by atoms with E-state index in [1.54, 1.807) is 7.11 Å². The van der Waals surface area contributed by atoms with Crippen LogP contribution in [0, 0.1) is 0 Å². The maximum Gasteiger partial charge on any atom is 0.143 e. The Labute approximate surface area is 155 Å². The molecule has 2 nitrogen and oxygen atoms in total. The summed E-state index contributed by atoms with van der Waals surface area (Å²) in [6, 6.07) is 24.4. The van der Waals surface area contributed by atoms with E-state index in [-0.39, 0.29) is 0 Å². The molecule has 0 aliphatic rings. The highest BCUT2D eigenvalue weighted by Gasteiger charge is 2.16. The van der Waals surface area contributed by atoms with Crippen molar-refractivity contribution in [3.8, 4) is 16.9 Å². The molecule has 0 N–H and O–H groups in total. The quantitative estimate of drug-likeness (QED) is 0.336. The van der Waals surface area contributed by atoms with Gasteiger partial charge >= 0.3 is 0 Å². The van der Waals surface area contributed by atoms with Gasteiger partial charge in [0.2, 0.25) is 0 Å². The molecule has 126 valence electrons. The maximum atomic E-state index is 6.31. The minimum absolute atomic E-state index is 0.722. The third kappa shape index (κ3) is 2.27. The lowest BCUT2D eigenvalue weighted by Crippen LogP contribution is -1.82. The van der Waals surface area contributed by atoms with Gasteiger partial charge in [0.15, 0.2) is 0 Å². The zero-order valence-electron chi connectivity index (χ0n) is 14.1. The van der Waals surface area contributed by atoms with Crippen LogP contribution in [0.3, 0.4) is 0 Å². The van der Waals surface area contributed by atoms with Crippen molar-refractivity contribution in [1.29, 1.82) is 0 Å².